The zero-order valence-electron chi connectivity index (χ0n) is 9.65. The third-order valence-corrected chi connectivity index (χ3v) is 2.91. The van der Waals surface area contributed by atoms with E-state index in [1.165, 1.54) is 18.8 Å². The van der Waals surface area contributed by atoms with E-state index >= 15 is 0 Å². The molecule has 94 valence electrons. The molecule has 0 amide bonds. The van der Waals surface area contributed by atoms with E-state index in [1.54, 1.807) is 0 Å². The number of ether oxygens (including phenoxy) is 1. The molecule has 2 rings (SSSR count). The predicted octanol–water partition coefficient (Wildman–Crippen LogP) is 1.64. The summed E-state index contributed by atoms with van der Waals surface area (Å²) < 4.78 is 10.7. The zero-order chi connectivity index (χ0) is 12.1. The lowest BCUT2D eigenvalue weighted by Crippen LogP contribution is -2.31. The van der Waals surface area contributed by atoms with Crippen molar-refractivity contribution in [1.82, 2.24) is 5.32 Å². The average Bonchev–Trinajstić information content (AvgIpc) is 2.79. The van der Waals surface area contributed by atoms with E-state index in [0.29, 0.717) is 12.3 Å². The molecule has 0 spiro atoms. The van der Waals surface area contributed by atoms with Gasteiger partial charge >= 0.3 is 5.97 Å². The van der Waals surface area contributed by atoms with Crippen LogP contribution in [0.4, 0.5) is 0 Å². The van der Waals surface area contributed by atoms with Crippen LogP contribution in [0.2, 0.25) is 0 Å². The Balaban J connectivity index is 1.77. The minimum atomic E-state index is -0.954. The summed E-state index contributed by atoms with van der Waals surface area (Å²) in [6.45, 7) is 1.99. The van der Waals surface area contributed by atoms with Crippen LogP contribution in [0.5, 0.6) is 0 Å². The van der Waals surface area contributed by atoms with Crippen LogP contribution in [0.1, 0.15) is 35.4 Å². The van der Waals surface area contributed by atoms with Crippen molar-refractivity contribution in [2.75, 3.05) is 13.2 Å². The first-order chi connectivity index (χ1) is 8.27. The molecule has 1 fully saturated rings. The van der Waals surface area contributed by atoms with Crippen molar-refractivity contribution < 1.29 is 19.1 Å². The Labute approximate surface area is 99.8 Å². The Kier molecular flexibility index (Phi) is 4.17. The van der Waals surface area contributed by atoms with E-state index in [0.717, 1.165) is 26.0 Å². The second-order valence-electron chi connectivity index (χ2n) is 4.18. The lowest BCUT2D eigenvalue weighted by atomic mass is 10.1. The summed E-state index contributed by atoms with van der Waals surface area (Å²) in [5.41, 5.74) is 0.224. The highest BCUT2D eigenvalue weighted by molar-refractivity contribution is 5.88. The van der Waals surface area contributed by atoms with Gasteiger partial charge in [0.1, 0.15) is 11.3 Å². The highest BCUT2D eigenvalue weighted by Crippen LogP contribution is 2.13. The lowest BCUT2D eigenvalue weighted by Gasteiger charge is -2.22. The molecule has 1 aliphatic heterocycles. The molecule has 1 aromatic heterocycles. The van der Waals surface area contributed by atoms with Gasteiger partial charge in [0.05, 0.1) is 18.9 Å². The van der Waals surface area contributed by atoms with E-state index in [4.69, 9.17) is 14.3 Å². The van der Waals surface area contributed by atoms with E-state index in [2.05, 4.69) is 5.32 Å². The lowest BCUT2D eigenvalue weighted by molar-refractivity contribution is 0.0165. The van der Waals surface area contributed by atoms with Crippen LogP contribution in [0.25, 0.3) is 0 Å². The number of rotatable bonds is 5. The van der Waals surface area contributed by atoms with Crippen LogP contribution in [-0.4, -0.2) is 30.3 Å². The van der Waals surface area contributed by atoms with Gasteiger partial charge < -0.3 is 19.6 Å². The van der Waals surface area contributed by atoms with Gasteiger partial charge in [-0.05, 0) is 25.3 Å². The third-order valence-electron chi connectivity index (χ3n) is 2.91. The second kappa shape index (κ2) is 5.84. The van der Waals surface area contributed by atoms with Gasteiger partial charge in [0.2, 0.25) is 0 Å². The van der Waals surface area contributed by atoms with Gasteiger partial charge in [-0.2, -0.15) is 0 Å². The summed E-state index contributed by atoms with van der Waals surface area (Å²) >= 11 is 0. The molecule has 5 nitrogen and oxygen atoms in total. The molecule has 1 atom stereocenters. The SMILES string of the molecule is O=C(O)c1ccoc1CNCC1CCCCO1. The molecule has 0 aliphatic carbocycles. The van der Waals surface area contributed by atoms with Crippen LogP contribution < -0.4 is 5.32 Å². The van der Waals surface area contributed by atoms with Crippen molar-refractivity contribution in [3.63, 3.8) is 0 Å². The van der Waals surface area contributed by atoms with Crippen molar-refractivity contribution in [1.29, 1.82) is 0 Å². The standard InChI is InChI=1S/C12H17NO4/c14-12(15)10-4-6-17-11(10)8-13-7-9-3-1-2-5-16-9/h4,6,9,13H,1-3,5,7-8H2,(H,14,15). The second-order valence-corrected chi connectivity index (χ2v) is 4.18. The number of carboxylic acids is 1. The average molecular weight is 239 g/mol. The fraction of sp³-hybridized carbons (Fsp3) is 0.583. The van der Waals surface area contributed by atoms with E-state index in [9.17, 15) is 4.79 Å². The third kappa shape index (κ3) is 3.31. The van der Waals surface area contributed by atoms with Gasteiger partial charge in [-0.15, -0.1) is 0 Å². The molecular formula is C12H17NO4. The van der Waals surface area contributed by atoms with Crippen LogP contribution in [-0.2, 0) is 11.3 Å². The van der Waals surface area contributed by atoms with Crippen LogP contribution in [0.15, 0.2) is 16.7 Å². The van der Waals surface area contributed by atoms with Gasteiger partial charge in [0.25, 0.3) is 0 Å². The minimum Gasteiger partial charge on any atom is -0.478 e. The molecule has 2 heterocycles. The topological polar surface area (TPSA) is 71.7 Å². The maximum Gasteiger partial charge on any atom is 0.339 e. The zero-order valence-corrected chi connectivity index (χ0v) is 9.65. The molecule has 1 aliphatic rings. The number of hydrogen-bond acceptors (Lipinski definition) is 4. The normalized spacial score (nSPS) is 20.4. The Morgan fingerprint density at radius 2 is 2.41 bits per heavy atom. The monoisotopic (exact) mass is 239 g/mol. The Bertz CT molecular complexity index is 368. The van der Waals surface area contributed by atoms with Crippen molar-refractivity contribution >= 4 is 5.97 Å². The van der Waals surface area contributed by atoms with Crippen molar-refractivity contribution in [2.45, 2.75) is 31.9 Å². The fourth-order valence-electron chi connectivity index (χ4n) is 1.98. The molecular weight excluding hydrogens is 222 g/mol. The fourth-order valence-corrected chi connectivity index (χ4v) is 1.98. The van der Waals surface area contributed by atoms with Crippen LogP contribution in [0.3, 0.4) is 0 Å². The molecule has 0 aromatic carbocycles. The van der Waals surface area contributed by atoms with Gasteiger partial charge in [0, 0.05) is 13.2 Å². The number of nitrogens with one attached hydrogen (secondary N) is 1. The van der Waals surface area contributed by atoms with Gasteiger partial charge in [-0.1, -0.05) is 0 Å². The van der Waals surface area contributed by atoms with Gasteiger partial charge in [0.15, 0.2) is 0 Å². The highest BCUT2D eigenvalue weighted by Gasteiger charge is 2.15. The number of aromatic carboxylic acids is 1. The maximum absolute atomic E-state index is 10.8. The number of hydrogen-bond donors (Lipinski definition) is 2. The smallest absolute Gasteiger partial charge is 0.339 e. The summed E-state index contributed by atoms with van der Waals surface area (Å²) in [4.78, 5) is 10.8. The maximum atomic E-state index is 10.8. The summed E-state index contributed by atoms with van der Waals surface area (Å²) in [6.07, 6.45) is 5.05. The van der Waals surface area contributed by atoms with Crippen molar-refractivity contribution in [3.05, 3.63) is 23.7 Å². The molecule has 1 unspecified atom stereocenters. The predicted molar refractivity (Wildman–Crippen MR) is 61.0 cm³/mol. The Hall–Kier alpha value is -1.33. The van der Waals surface area contributed by atoms with E-state index in [1.807, 2.05) is 0 Å². The molecule has 1 saturated heterocycles. The van der Waals surface area contributed by atoms with E-state index < -0.39 is 5.97 Å². The molecule has 2 N–H and O–H groups in total. The minimum absolute atomic E-state index is 0.224. The molecule has 5 heteroatoms. The molecule has 1 aromatic rings. The van der Waals surface area contributed by atoms with Crippen LogP contribution in [0, 0.1) is 0 Å². The number of carboxylic acid groups (broad SMARTS) is 1. The van der Waals surface area contributed by atoms with Crippen molar-refractivity contribution in [3.8, 4) is 0 Å². The molecule has 0 radical (unpaired) electrons. The Morgan fingerprint density at radius 1 is 1.53 bits per heavy atom. The van der Waals surface area contributed by atoms with Crippen molar-refractivity contribution in [2.24, 2.45) is 0 Å². The Morgan fingerprint density at radius 3 is 3.12 bits per heavy atom. The quantitative estimate of drug-likeness (QED) is 0.817. The number of furan rings is 1. The summed E-state index contributed by atoms with van der Waals surface area (Å²) in [5, 5.41) is 12.1. The summed E-state index contributed by atoms with van der Waals surface area (Å²) in [6, 6.07) is 1.47. The number of carbonyl (C=O) groups is 1. The molecule has 0 saturated carbocycles. The van der Waals surface area contributed by atoms with E-state index in [-0.39, 0.29) is 11.7 Å². The first-order valence-corrected chi connectivity index (χ1v) is 5.89. The molecule has 17 heavy (non-hydrogen) atoms. The summed E-state index contributed by atoms with van der Waals surface area (Å²) in [7, 11) is 0. The van der Waals surface area contributed by atoms with Gasteiger partial charge in [-0.3, -0.25) is 0 Å². The summed E-state index contributed by atoms with van der Waals surface area (Å²) in [5.74, 6) is -0.488. The first-order valence-electron chi connectivity index (χ1n) is 5.89. The van der Waals surface area contributed by atoms with Gasteiger partial charge in [-0.25, -0.2) is 4.79 Å². The highest BCUT2D eigenvalue weighted by atomic mass is 16.5. The van der Waals surface area contributed by atoms with Crippen LogP contribution >= 0.6 is 0 Å². The molecule has 0 bridgehead atoms. The largest absolute Gasteiger partial charge is 0.478 e. The first kappa shape index (κ1) is 12.1.